The van der Waals surface area contributed by atoms with Crippen LogP contribution in [0.1, 0.15) is 27.7 Å². The van der Waals surface area contributed by atoms with Crippen molar-refractivity contribution in [2.75, 3.05) is 0 Å². The maximum Gasteiger partial charge on any atom is 0.225 e. The van der Waals surface area contributed by atoms with E-state index in [0.717, 1.165) is 35.8 Å². The average molecular weight is 289 g/mol. The van der Waals surface area contributed by atoms with Crippen molar-refractivity contribution in [3.63, 3.8) is 0 Å². The number of carbonyl (C=O) groups excluding carboxylic acids is 1. The normalized spacial score (nSPS) is 17.8. The van der Waals surface area contributed by atoms with Crippen LogP contribution in [0.25, 0.3) is 0 Å². The van der Waals surface area contributed by atoms with Gasteiger partial charge in [0.1, 0.15) is 5.82 Å². The Balaban J connectivity index is 1.57. The maximum absolute atomic E-state index is 12.1. The summed E-state index contributed by atoms with van der Waals surface area (Å²) < 4.78 is 2.17. The second-order valence-electron chi connectivity index (χ2n) is 5.44. The number of hydrogen-bond donors (Lipinski definition) is 1. The van der Waals surface area contributed by atoms with Crippen LogP contribution in [0.5, 0.6) is 0 Å². The molecule has 0 aliphatic carbocycles. The molecule has 20 heavy (non-hydrogen) atoms. The number of rotatable bonds is 3. The van der Waals surface area contributed by atoms with Crippen molar-refractivity contribution >= 4 is 17.2 Å². The third-order valence-electron chi connectivity index (χ3n) is 3.61. The topological polar surface area (TPSA) is 46.9 Å². The van der Waals surface area contributed by atoms with E-state index in [9.17, 15) is 4.79 Å². The van der Waals surface area contributed by atoms with Crippen molar-refractivity contribution in [3.05, 3.63) is 39.6 Å². The van der Waals surface area contributed by atoms with Gasteiger partial charge in [-0.2, -0.15) is 0 Å². The van der Waals surface area contributed by atoms with E-state index in [1.165, 1.54) is 4.88 Å². The molecule has 0 saturated heterocycles. The van der Waals surface area contributed by atoms with Crippen LogP contribution >= 0.6 is 11.3 Å². The summed E-state index contributed by atoms with van der Waals surface area (Å²) in [4.78, 5) is 19.0. The number of fused-ring (bicyclic) bond motifs is 1. The van der Waals surface area contributed by atoms with Crippen LogP contribution in [0.4, 0.5) is 0 Å². The molecule has 0 saturated carbocycles. The number of nitrogens with zero attached hydrogens (tertiary/aromatic N) is 2. The zero-order valence-electron chi connectivity index (χ0n) is 11.8. The molecule has 0 unspecified atom stereocenters. The summed E-state index contributed by atoms with van der Waals surface area (Å²) in [7, 11) is 0. The van der Waals surface area contributed by atoms with E-state index < -0.39 is 0 Å². The number of aromatic nitrogens is 2. The van der Waals surface area contributed by atoms with Gasteiger partial charge in [-0.05, 0) is 32.4 Å². The minimum Gasteiger partial charge on any atom is -0.351 e. The molecule has 1 atom stereocenters. The molecule has 3 rings (SSSR count). The summed E-state index contributed by atoms with van der Waals surface area (Å²) in [5.74, 6) is 1.26. The van der Waals surface area contributed by atoms with E-state index in [0.29, 0.717) is 6.42 Å². The monoisotopic (exact) mass is 289 g/mol. The summed E-state index contributed by atoms with van der Waals surface area (Å²) in [5, 5.41) is 3.15. The number of thiophene rings is 1. The van der Waals surface area contributed by atoms with Crippen LogP contribution in [0, 0.1) is 13.8 Å². The minimum absolute atomic E-state index is 0.122. The van der Waals surface area contributed by atoms with E-state index in [2.05, 4.69) is 34.1 Å². The Hall–Kier alpha value is -1.62. The van der Waals surface area contributed by atoms with Crippen LogP contribution in [0.15, 0.2) is 18.3 Å². The molecule has 1 aliphatic rings. The lowest BCUT2D eigenvalue weighted by molar-refractivity contribution is -0.121. The van der Waals surface area contributed by atoms with Gasteiger partial charge >= 0.3 is 0 Å². The molecule has 0 aromatic carbocycles. The summed E-state index contributed by atoms with van der Waals surface area (Å²) in [6, 6.07) is 4.33. The first-order valence-electron chi connectivity index (χ1n) is 6.97. The van der Waals surface area contributed by atoms with E-state index in [1.54, 1.807) is 11.3 Å². The fraction of sp³-hybridized carbons (Fsp3) is 0.467. The first kappa shape index (κ1) is 13.4. The fourth-order valence-electron chi connectivity index (χ4n) is 2.72. The third-order valence-corrected chi connectivity index (χ3v) is 4.61. The number of imidazole rings is 1. The van der Waals surface area contributed by atoms with Crippen molar-refractivity contribution in [1.82, 2.24) is 14.9 Å². The summed E-state index contributed by atoms with van der Waals surface area (Å²) >= 11 is 1.69. The standard InChI is InChI=1S/C15H19N3OS/c1-10-8-18-9-12(4-6-14(18)16-10)17-15(19)7-13-5-3-11(2)20-13/h3,5,8,12H,4,6-7,9H2,1-2H3,(H,17,19)/t12-/m1/s1. The van der Waals surface area contributed by atoms with Crippen LogP contribution in [-0.2, 0) is 24.2 Å². The Morgan fingerprint density at radius 2 is 2.35 bits per heavy atom. The molecule has 0 spiro atoms. The van der Waals surface area contributed by atoms with E-state index >= 15 is 0 Å². The molecule has 1 amide bonds. The van der Waals surface area contributed by atoms with Crippen molar-refractivity contribution in [3.8, 4) is 0 Å². The minimum atomic E-state index is 0.122. The summed E-state index contributed by atoms with van der Waals surface area (Å²) in [6.45, 7) is 4.92. The quantitative estimate of drug-likeness (QED) is 0.942. The van der Waals surface area contributed by atoms with Crippen molar-refractivity contribution in [1.29, 1.82) is 0 Å². The van der Waals surface area contributed by atoms with Gasteiger partial charge in [-0.15, -0.1) is 11.3 Å². The van der Waals surface area contributed by atoms with Crippen LogP contribution in [-0.4, -0.2) is 21.5 Å². The fourth-order valence-corrected chi connectivity index (χ4v) is 3.61. The third kappa shape index (κ3) is 2.93. The Morgan fingerprint density at radius 3 is 3.10 bits per heavy atom. The number of aryl methyl sites for hydroxylation is 3. The molecule has 2 aromatic rings. The van der Waals surface area contributed by atoms with Gasteiger partial charge in [0, 0.05) is 35.0 Å². The smallest absolute Gasteiger partial charge is 0.225 e. The highest BCUT2D eigenvalue weighted by Gasteiger charge is 2.21. The molecule has 1 aliphatic heterocycles. The van der Waals surface area contributed by atoms with E-state index in [-0.39, 0.29) is 11.9 Å². The average Bonchev–Trinajstić information content (AvgIpc) is 2.93. The molecule has 5 heteroatoms. The molecule has 3 heterocycles. The molecule has 0 fully saturated rings. The first-order valence-corrected chi connectivity index (χ1v) is 7.79. The molecule has 1 N–H and O–H groups in total. The van der Waals surface area contributed by atoms with Gasteiger partial charge in [-0.25, -0.2) is 4.98 Å². The Labute approximate surface area is 122 Å². The summed E-state index contributed by atoms with van der Waals surface area (Å²) in [6.07, 6.45) is 4.48. The molecule has 4 nitrogen and oxygen atoms in total. The molecule has 2 aromatic heterocycles. The zero-order valence-corrected chi connectivity index (χ0v) is 12.7. The molecule has 0 radical (unpaired) electrons. The predicted octanol–water partition coefficient (Wildman–Crippen LogP) is 2.24. The SMILES string of the molecule is Cc1cn2c(n1)CC[C@@H](NC(=O)Cc1ccc(C)s1)C2. The van der Waals surface area contributed by atoms with Crippen molar-refractivity contribution in [2.24, 2.45) is 0 Å². The second-order valence-corrected chi connectivity index (χ2v) is 6.82. The van der Waals surface area contributed by atoms with Crippen LogP contribution in [0.3, 0.4) is 0 Å². The number of amides is 1. The van der Waals surface area contributed by atoms with Crippen LogP contribution in [0.2, 0.25) is 0 Å². The first-order chi connectivity index (χ1) is 9.60. The number of hydrogen-bond acceptors (Lipinski definition) is 3. The zero-order chi connectivity index (χ0) is 14.1. The Morgan fingerprint density at radius 1 is 1.50 bits per heavy atom. The van der Waals surface area contributed by atoms with Gasteiger partial charge < -0.3 is 9.88 Å². The molecule has 0 bridgehead atoms. The number of carbonyl (C=O) groups is 1. The number of nitrogens with one attached hydrogen (secondary N) is 1. The largest absolute Gasteiger partial charge is 0.351 e. The van der Waals surface area contributed by atoms with E-state index in [1.807, 2.05) is 13.0 Å². The van der Waals surface area contributed by atoms with Gasteiger partial charge in [0.2, 0.25) is 5.91 Å². The Bertz CT molecular complexity index is 629. The van der Waals surface area contributed by atoms with Crippen molar-refractivity contribution < 1.29 is 4.79 Å². The van der Waals surface area contributed by atoms with Gasteiger partial charge in [0.25, 0.3) is 0 Å². The van der Waals surface area contributed by atoms with Gasteiger partial charge in [-0.1, -0.05) is 0 Å². The molecular weight excluding hydrogens is 270 g/mol. The lowest BCUT2D eigenvalue weighted by Gasteiger charge is -2.24. The highest BCUT2D eigenvalue weighted by Crippen LogP contribution is 2.17. The highest BCUT2D eigenvalue weighted by atomic mass is 32.1. The van der Waals surface area contributed by atoms with Crippen molar-refractivity contribution in [2.45, 2.75) is 45.7 Å². The van der Waals surface area contributed by atoms with Gasteiger partial charge in [0.05, 0.1) is 12.1 Å². The summed E-state index contributed by atoms with van der Waals surface area (Å²) in [5.41, 5.74) is 1.06. The van der Waals surface area contributed by atoms with E-state index in [4.69, 9.17) is 0 Å². The molecule has 106 valence electrons. The highest BCUT2D eigenvalue weighted by molar-refractivity contribution is 7.12. The molecular formula is C15H19N3OS. The maximum atomic E-state index is 12.1. The second kappa shape index (κ2) is 5.40. The van der Waals surface area contributed by atoms with Gasteiger partial charge in [-0.3, -0.25) is 4.79 Å². The Kier molecular flexibility index (Phi) is 3.61. The predicted molar refractivity (Wildman–Crippen MR) is 80.0 cm³/mol. The van der Waals surface area contributed by atoms with Gasteiger partial charge in [0.15, 0.2) is 0 Å². The van der Waals surface area contributed by atoms with Crippen LogP contribution < -0.4 is 5.32 Å². The lowest BCUT2D eigenvalue weighted by Crippen LogP contribution is -2.41. The lowest BCUT2D eigenvalue weighted by atomic mass is 10.1.